The lowest BCUT2D eigenvalue weighted by atomic mass is 10.1. The molecule has 1 aliphatic rings. The summed E-state index contributed by atoms with van der Waals surface area (Å²) in [6.07, 6.45) is -4.29. The number of halogens is 4. The topological polar surface area (TPSA) is 6.48 Å². The van der Waals surface area contributed by atoms with Crippen molar-refractivity contribution >= 4 is 33.0 Å². The predicted molar refractivity (Wildman–Crippen MR) is 91.0 cm³/mol. The number of anilines is 1. The van der Waals surface area contributed by atoms with Gasteiger partial charge in [-0.2, -0.15) is 13.2 Å². The lowest BCUT2D eigenvalue weighted by Gasteiger charge is -2.36. The third-order valence-corrected chi connectivity index (χ3v) is 5.53. The summed E-state index contributed by atoms with van der Waals surface area (Å²) in [6, 6.07) is 9.74. The third-order valence-electron chi connectivity index (χ3n) is 3.92. The number of hydrogen-bond acceptors (Lipinski definition) is 3. The normalized spacial score (nSPS) is 16.8. The van der Waals surface area contributed by atoms with Crippen LogP contribution in [0.4, 0.5) is 18.9 Å². The molecule has 2 heterocycles. The van der Waals surface area contributed by atoms with Crippen molar-refractivity contribution in [2.75, 3.05) is 31.1 Å². The summed E-state index contributed by atoms with van der Waals surface area (Å²) >= 11 is 5.18. The number of thiophene rings is 1. The van der Waals surface area contributed by atoms with Crippen LogP contribution in [0.25, 0.3) is 0 Å². The molecule has 0 bridgehead atoms. The Balaban J connectivity index is 1.60. The van der Waals surface area contributed by atoms with E-state index < -0.39 is 11.7 Å². The maximum Gasteiger partial charge on any atom is 0.416 e. The summed E-state index contributed by atoms with van der Waals surface area (Å²) in [7, 11) is 0. The van der Waals surface area contributed by atoms with E-state index in [9.17, 15) is 13.2 Å². The molecule has 0 spiro atoms. The molecule has 23 heavy (non-hydrogen) atoms. The van der Waals surface area contributed by atoms with E-state index >= 15 is 0 Å². The van der Waals surface area contributed by atoms with Crippen molar-refractivity contribution < 1.29 is 13.2 Å². The maximum atomic E-state index is 12.8. The second-order valence-corrected chi connectivity index (χ2v) is 8.06. The molecule has 0 unspecified atom stereocenters. The molecule has 2 aromatic rings. The monoisotopic (exact) mass is 404 g/mol. The highest BCUT2D eigenvalue weighted by Crippen LogP contribution is 2.32. The zero-order valence-electron chi connectivity index (χ0n) is 12.3. The van der Waals surface area contributed by atoms with Gasteiger partial charge in [0.15, 0.2) is 0 Å². The Hall–Kier alpha value is -1.05. The number of rotatable bonds is 3. The molecule has 1 aromatic carbocycles. The Morgan fingerprint density at radius 1 is 1.04 bits per heavy atom. The highest BCUT2D eigenvalue weighted by molar-refractivity contribution is 9.11. The fourth-order valence-corrected chi connectivity index (χ4v) is 4.23. The van der Waals surface area contributed by atoms with Gasteiger partial charge in [0, 0.05) is 43.3 Å². The summed E-state index contributed by atoms with van der Waals surface area (Å²) < 4.78 is 39.6. The zero-order valence-corrected chi connectivity index (χ0v) is 14.7. The number of nitrogens with zero attached hydrogens (tertiary/aromatic N) is 2. The Kier molecular flexibility index (Phi) is 4.98. The molecule has 1 saturated heterocycles. The van der Waals surface area contributed by atoms with Crippen molar-refractivity contribution in [2.24, 2.45) is 0 Å². The molecule has 1 aromatic heterocycles. The summed E-state index contributed by atoms with van der Waals surface area (Å²) in [6.45, 7) is 4.09. The van der Waals surface area contributed by atoms with Gasteiger partial charge >= 0.3 is 6.18 Å². The molecule has 0 aliphatic carbocycles. The Morgan fingerprint density at radius 3 is 2.39 bits per heavy atom. The van der Waals surface area contributed by atoms with Gasteiger partial charge in [-0.3, -0.25) is 4.90 Å². The van der Waals surface area contributed by atoms with Crippen LogP contribution in [0.3, 0.4) is 0 Å². The van der Waals surface area contributed by atoms with E-state index in [1.54, 1.807) is 17.4 Å². The summed E-state index contributed by atoms with van der Waals surface area (Å²) in [5, 5.41) is 0. The predicted octanol–water partition coefficient (Wildman–Crippen LogP) is 4.85. The van der Waals surface area contributed by atoms with Crippen LogP contribution in [0.15, 0.2) is 40.2 Å². The fraction of sp³-hybridized carbons (Fsp3) is 0.375. The molecule has 0 atom stereocenters. The van der Waals surface area contributed by atoms with Gasteiger partial charge in [-0.05, 0) is 46.3 Å². The van der Waals surface area contributed by atoms with Gasteiger partial charge in [0.1, 0.15) is 0 Å². The van der Waals surface area contributed by atoms with Crippen LogP contribution >= 0.6 is 27.3 Å². The minimum Gasteiger partial charge on any atom is -0.369 e. The van der Waals surface area contributed by atoms with Gasteiger partial charge in [0.05, 0.1) is 9.35 Å². The van der Waals surface area contributed by atoms with Crippen LogP contribution < -0.4 is 4.90 Å². The second-order valence-electron chi connectivity index (χ2n) is 5.52. The SMILES string of the molecule is FC(F)(F)c1cccc(N2CCN(Cc3ccc(Br)s3)CC2)c1. The van der Waals surface area contributed by atoms with Crippen LogP contribution in [0, 0.1) is 0 Å². The van der Waals surface area contributed by atoms with Crippen LogP contribution in [-0.4, -0.2) is 31.1 Å². The van der Waals surface area contributed by atoms with E-state index in [1.165, 1.54) is 17.0 Å². The smallest absolute Gasteiger partial charge is 0.369 e. The maximum absolute atomic E-state index is 12.8. The lowest BCUT2D eigenvalue weighted by molar-refractivity contribution is -0.137. The van der Waals surface area contributed by atoms with Gasteiger partial charge in [-0.25, -0.2) is 0 Å². The first-order chi connectivity index (χ1) is 10.9. The molecule has 0 N–H and O–H groups in total. The molecule has 0 amide bonds. The van der Waals surface area contributed by atoms with Crippen LogP contribution in [-0.2, 0) is 12.7 Å². The first-order valence-corrected chi connectivity index (χ1v) is 8.91. The molecule has 3 rings (SSSR count). The number of piperazine rings is 1. The van der Waals surface area contributed by atoms with Crippen molar-refractivity contribution in [1.82, 2.24) is 4.90 Å². The second kappa shape index (κ2) is 6.83. The first kappa shape index (κ1) is 16.8. The Labute approximate surface area is 145 Å². The molecular weight excluding hydrogens is 389 g/mol. The number of benzene rings is 1. The fourth-order valence-electron chi connectivity index (χ4n) is 2.70. The largest absolute Gasteiger partial charge is 0.416 e. The quantitative estimate of drug-likeness (QED) is 0.721. The van der Waals surface area contributed by atoms with Gasteiger partial charge in [-0.1, -0.05) is 6.07 Å². The van der Waals surface area contributed by atoms with E-state index in [-0.39, 0.29) is 0 Å². The highest BCUT2D eigenvalue weighted by atomic mass is 79.9. The van der Waals surface area contributed by atoms with E-state index in [0.717, 1.165) is 42.6 Å². The Morgan fingerprint density at radius 2 is 1.78 bits per heavy atom. The third kappa shape index (κ3) is 4.28. The number of hydrogen-bond donors (Lipinski definition) is 0. The van der Waals surface area contributed by atoms with Crippen molar-refractivity contribution in [3.63, 3.8) is 0 Å². The van der Waals surface area contributed by atoms with Gasteiger partial charge in [0.25, 0.3) is 0 Å². The molecule has 7 heteroatoms. The highest BCUT2D eigenvalue weighted by Gasteiger charge is 2.31. The zero-order chi connectivity index (χ0) is 16.4. The van der Waals surface area contributed by atoms with Gasteiger partial charge in [-0.15, -0.1) is 11.3 Å². The molecule has 1 aliphatic heterocycles. The minimum absolute atomic E-state index is 0.583. The molecular formula is C16H16BrF3N2S. The van der Waals surface area contributed by atoms with Gasteiger partial charge < -0.3 is 4.90 Å². The minimum atomic E-state index is -4.29. The molecule has 2 nitrogen and oxygen atoms in total. The van der Waals surface area contributed by atoms with E-state index in [2.05, 4.69) is 26.9 Å². The van der Waals surface area contributed by atoms with E-state index in [0.29, 0.717) is 5.69 Å². The molecule has 124 valence electrons. The summed E-state index contributed by atoms with van der Waals surface area (Å²) in [5.74, 6) is 0. The number of alkyl halides is 3. The van der Waals surface area contributed by atoms with Crippen molar-refractivity contribution in [2.45, 2.75) is 12.7 Å². The Bertz CT molecular complexity index is 663. The van der Waals surface area contributed by atoms with Crippen molar-refractivity contribution in [1.29, 1.82) is 0 Å². The van der Waals surface area contributed by atoms with Crippen LogP contribution in [0.1, 0.15) is 10.4 Å². The first-order valence-electron chi connectivity index (χ1n) is 7.30. The van der Waals surface area contributed by atoms with Crippen molar-refractivity contribution in [3.05, 3.63) is 50.6 Å². The molecule has 0 radical (unpaired) electrons. The summed E-state index contributed by atoms with van der Waals surface area (Å²) in [4.78, 5) is 5.66. The standard InChI is InChI=1S/C16H16BrF3N2S/c17-15-5-4-14(23-15)11-21-6-8-22(9-7-21)13-3-1-2-12(10-13)16(18,19)20/h1-5,10H,6-9,11H2. The average molecular weight is 405 g/mol. The lowest BCUT2D eigenvalue weighted by Crippen LogP contribution is -2.45. The van der Waals surface area contributed by atoms with E-state index in [4.69, 9.17) is 0 Å². The summed E-state index contributed by atoms with van der Waals surface area (Å²) in [5.41, 5.74) is 0.0687. The van der Waals surface area contributed by atoms with E-state index in [1.807, 2.05) is 11.0 Å². The average Bonchev–Trinajstić information content (AvgIpc) is 2.92. The molecule has 1 fully saturated rings. The van der Waals surface area contributed by atoms with Crippen LogP contribution in [0.5, 0.6) is 0 Å². The van der Waals surface area contributed by atoms with Crippen LogP contribution in [0.2, 0.25) is 0 Å². The van der Waals surface area contributed by atoms with Crippen molar-refractivity contribution in [3.8, 4) is 0 Å². The molecule has 0 saturated carbocycles. The van der Waals surface area contributed by atoms with Gasteiger partial charge in [0.2, 0.25) is 0 Å².